The molecule has 1 N–H and O–H groups in total. The van der Waals surface area contributed by atoms with E-state index in [2.05, 4.69) is 10.4 Å². The van der Waals surface area contributed by atoms with E-state index in [4.69, 9.17) is 0 Å². The number of carbonyl (C=O) groups excluding carboxylic acids is 2. The Balaban J connectivity index is 2.13. The predicted molar refractivity (Wildman–Crippen MR) is 56.2 cm³/mol. The van der Waals surface area contributed by atoms with E-state index in [1.54, 1.807) is 31.0 Å². The van der Waals surface area contributed by atoms with Gasteiger partial charge in [-0.3, -0.25) is 24.5 Å². The zero-order valence-electron chi connectivity index (χ0n) is 9.30. The minimum absolute atomic E-state index is 0.180. The number of nitrogens with one attached hydrogen (secondary N) is 1. The molecule has 2 amide bonds. The van der Waals surface area contributed by atoms with Crippen molar-refractivity contribution in [2.75, 3.05) is 6.54 Å². The number of carbonyl (C=O) groups is 2. The molecule has 0 spiro atoms. The van der Waals surface area contributed by atoms with Gasteiger partial charge < -0.3 is 0 Å². The highest BCUT2D eigenvalue weighted by Crippen LogP contribution is 2.08. The van der Waals surface area contributed by atoms with Crippen molar-refractivity contribution < 1.29 is 9.59 Å². The minimum Gasteiger partial charge on any atom is -0.298 e. The van der Waals surface area contributed by atoms with Crippen LogP contribution in [0.5, 0.6) is 0 Å². The first-order chi connectivity index (χ1) is 7.58. The fraction of sp³-hybridized carbons (Fsp3) is 0.500. The van der Waals surface area contributed by atoms with Crippen LogP contribution in [-0.4, -0.2) is 39.1 Å². The molecule has 6 heteroatoms. The number of aromatic nitrogens is 2. The average Bonchev–Trinajstić information content (AvgIpc) is 2.65. The third kappa shape index (κ3) is 1.96. The first-order valence-electron chi connectivity index (χ1n) is 5.13. The topological polar surface area (TPSA) is 67.2 Å². The van der Waals surface area contributed by atoms with Crippen LogP contribution >= 0.6 is 0 Å². The molecule has 0 bridgehead atoms. The monoisotopic (exact) mass is 222 g/mol. The van der Waals surface area contributed by atoms with Gasteiger partial charge in [-0.25, -0.2) is 0 Å². The van der Waals surface area contributed by atoms with E-state index in [0.29, 0.717) is 6.54 Å². The van der Waals surface area contributed by atoms with Crippen LogP contribution in [0.25, 0.3) is 0 Å². The van der Waals surface area contributed by atoms with Gasteiger partial charge in [-0.1, -0.05) is 0 Å². The van der Waals surface area contributed by atoms with Gasteiger partial charge in [-0.05, 0) is 6.92 Å². The molecule has 0 saturated carbocycles. The van der Waals surface area contributed by atoms with Crippen LogP contribution in [0.3, 0.4) is 0 Å². The number of piperazine rings is 1. The average molecular weight is 222 g/mol. The van der Waals surface area contributed by atoms with E-state index in [-0.39, 0.29) is 24.4 Å². The second-order valence-electron chi connectivity index (χ2n) is 3.94. The van der Waals surface area contributed by atoms with E-state index in [1.807, 2.05) is 0 Å². The molecule has 6 nitrogen and oxygen atoms in total. The largest absolute Gasteiger partial charge is 0.298 e. The van der Waals surface area contributed by atoms with Crippen LogP contribution in [0, 0.1) is 0 Å². The molecule has 2 heterocycles. The molecule has 0 radical (unpaired) electrons. The fourth-order valence-corrected chi connectivity index (χ4v) is 1.68. The van der Waals surface area contributed by atoms with Gasteiger partial charge in [0.1, 0.15) is 0 Å². The molecule has 0 aromatic carbocycles. The Bertz CT molecular complexity index is 426. The summed E-state index contributed by atoms with van der Waals surface area (Å²) in [6.45, 7) is 2.27. The van der Waals surface area contributed by atoms with E-state index < -0.39 is 0 Å². The maximum Gasteiger partial charge on any atom is 0.246 e. The maximum absolute atomic E-state index is 11.8. The van der Waals surface area contributed by atoms with Gasteiger partial charge >= 0.3 is 0 Å². The molecule has 1 aliphatic heterocycles. The van der Waals surface area contributed by atoms with E-state index in [9.17, 15) is 9.59 Å². The Morgan fingerprint density at radius 3 is 2.94 bits per heavy atom. The zero-order valence-corrected chi connectivity index (χ0v) is 9.30. The Kier molecular flexibility index (Phi) is 2.74. The first-order valence-corrected chi connectivity index (χ1v) is 5.13. The summed E-state index contributed by atoms with van der Waals surface area (Å²) in [5.41, 5.74) is 0.860. The highest BCUT2D eigenvalue weighted by atomic mass is 16.2. The Labute approximate surface area is 93.2 Å². The summed E-state index contributed by atoms with van der Waals surface area (Å²) in [4.78, 5) is 24.6. The molecule has 1 unspecified atom stereocenters. The van der Waals surface area contributed by atoms with Gasteiger partial charge in [-0.15, -0.1) is 0 Å². The lowest BCUT2D eigenvalue weighted by atomic mass is 10.2. The lowest BCUT2D eigenvalue weighted by Crippen LogP contribution is -2.56. The van der Waals surface area contributed by atoms with Gasteiger partial charge in [0.25, 0.3) is 0 Å². The number of imide groups is 1. The second-order valence-corrected chi connectivity index (χ2v) is 3.94. The summed E-state index contributed by atoms with van der Waals surface area (Å²) < 4.78 is 1.65. The van der Waals surface area contributed by atoms with E-state index >= 15 is 0 Å². The van der Waals surface area contributed by atoms with Crippen LogP contribution in [0.1, 0.15) is 12.5 Å². The fourth-order valence-electron chi connectivity index (χ4n) is 1.68. The summed E-state index contributed by atoms with van der Waals surface area (Å²) in [6.07, 6.45) is 3.46. The van der Waals surface area contributed by atoms with Gasteiger partial charge in [0, 0.05) is 18.8 Å². The molecule has 86 valence electrons. The third-order valence-electron chi connectivity index (χ3n) is 2.60. The summed E-state index contributed by atoms with van der Waals surface area (Å²) in [7, 11) is 1.80. The molecule has 1 fully saturated rings. The third-order valence-corrected chi connectivity index (χ3v) is 2.60. The molecule has 16 heavy (non-hydrogen) atoms. The van der Waals surface area contributed by atoms with Gasteiger partial charge in [0.2, 0.25) is 11.8 Å². The van der Waals surface area contributed by atoms with Gasteiger partial charge in [-0.2, -0.15) is 5.10 Å². The van der Waals surface area contributed by atoms with Crippen molar-refractivity contribution >= 4 is 11.8 Å². The Hall–Kier alpha value is -1.69. The number of hydrogen-bond donors (Lipinski definition) is 1. The first kappa shape index (κ1) is 10.8. The van der Waals surface area contributed by atoms with Crippen LogP contribution in [0.15, 0.2) is 12.4 Å². The lowest BCUT2D eigenvalue weighted by Gasteiger charge is -2.29. The van der Waals surface area contributed by atoms with Crippen LogP contribution in [-0.2, 0) is 23.2 Å². The summed E-state index contributed by atoms with van der Waals surface area (Å²) in [5, 5.41) is 6.84. The van der Waals surface area contributed by atoms with Crippen molar-refractivity contribution in [3.8, 4) is 0 Å². The quantitative estimate of drug-likeness (QED) is 0.670. The van der Waals surface area contributed by atoms with Gasteiger partial charge in [0.15, 0.2) is 0 Å². The molecule has 1 saturated heterocycles. The number of hydrogen-bond acceptors (Lipinski definition) is 4. The van der Waals surface area contributed by atoms with E-state index in [1.165, 1.54) is 4.90 Å². The number of amides is 2. The highest BCUT2D eigenvalue weighted by molar-refractivity contribution is 6.00. The number of aryl methyl sites for hydroxylation is 1. The van der Waals surface area contributed by atoms with Crippen molar-refractivity contribution in [3.63, 3.8) is 0 Å². The molecule has 1 aromatic rings. The number of rotatable bonds is 2. The van der Waals surface area contributed by atoms with Crippen molar-refractivity contribution in [2.24, 2.45) is 7.05 Å². The highest BCUT2D eigenvalue weighted by Gasteiger charge is 2.31. The maximum atomic E-state index is 11.8. The Morgan fingerprint density at radius 1 is 1.56 bits per heavy atom. The SMILES string of the molecule is CC1NCC(=O)N(Cc2cnn(C)c2)C1=O. The molecule has 1 aliphatic rings. The van der Waals surface area contributed by atoms with Crippen LogP contribution < -0.4 is 5.32 Å². The van der Waals surface area contributed by atoms with E-state index in [0.717, 1.165) is 5.56 Å². The molecular formula is C10H14N4O2. The van der Waals surface area contributed by atoms with Crippen molar-refractivity contribution in [3.05, 3.63) is 18.0 Å². The molecule has 0 aliphatic carbocycles. The second kappa shape index (κ2) is 4.05. The standard InChI is InChI=1S/C10H14N4O2/c1-7-10(16)14(9(15)4-11-7)6-8-3-12-13(2)5-8/h3,5,7,11H,4,6H2,1-2H3. The predicted octanol–water partition coefficient (Wildman–Crippen LogP) is -0.733. The summed E-state index contributed by atoms with van der Waals surface area (Å²) in [6, 6.07) is -0.297. The smallest absolute Gasteiger partial charge is 0.246 e. The van der Waals surface area contributed by atoms with Crippen molar-refractivity contribution in [2.45, 2.75) is 19.5 Å². The zero-order chi connectivity index (χ0) is 11.7. The molecule has 2 rings (SSSR count). The van der Waals surface area contributed by atoms with Crippen LogP contribution in [0.2, 0.25) is 0 Å². The number of nitrogens with zero attached hydrogens (tertiary/aromatic N) is 3. The lowest BCUT2D eigenvalue weighted by molar-refractivity contribution is -0.149. The van der Waals surface area contributed by atoms with Gasteiger partial charge in [0.05, 0.1) is 25.3 Å². The molecule has 1 atom stereocenters. The van der Waals surface area contributed by atoms with Crippen molar-refractivity contribution in [1.82, 2.24) is 20.0 Å². The van der Waals surface area contributed by atoms with Crippen molar-refractivity contribution in [1.29, 1.82) is 0 Å². The summed E-state index contributed by atoms with van der Waals surface area (Å²) in [5.74, 6) is -0.368. The Morgan fingerprint density at radius 2 is 2.31 bits per heavy atom. The molecule has 1 aromatic heterocycles. The van der Waals surface area contributed by atoms with Crippen LogP contribution in [0.4, 0.5) is 0 Å². The molecular weight excluding hydrogens is 208 g/mol. The minimum atomic E-state index is -0.297. The normalized spacial score (nSPS) is 21.6. The summed E-state index contributed by atoms with van der Waals surface area (Å²) >= 11 is 0.